The van der Waals surface area contributed by atoms with Crippen LogP contribution in [-0.4, -0.2) is 42.3 Å². The van der Waals surface area contributed by atoms with E-state index in [0.717, 1.165) is 60.0 Å². The van der Waals surface area contributed by atoms with Crippen molar-refractivity contribution in [2.75, 3.05) is 13.7 Å². The molecule has 0 saturated carbocycles. The first kappa shape index (κ1) is 27.4. The Kier molecular flexibility index (Phi) is 9.21. The summed E-state index contributed by atoms with van der Waals surface area (Å²) >= 11 is 0. The molecule has 38 heavy (non-hydrogen) atoms. The lowest BCUT2D eigenvalue weighted by atomic mass is 10.0. The summed E-state index contributed by atoms with van der Waals surface area (Å²) in [5, 5.41) is 7.07. The van der Waals surface area contributed by atoms with Crippen molar-refractivity contribution in [1.29, 1.82) is 0 Å². The van der Waals surface area contributed by atoms with Gasteiger partial charge in [0.2, 0.25) is 11.8 Å². The summed E-state index contributed by atoms with van der Waals surface area (Å²) in [5.41, 5.74) is 5.44. The van der Waals surface area contributed by atoms with Gasteiger partial charge in [0.25, 0.3) is 0 Å². The predicted molar refractivity (Wildman–Crippen MR) is 150 cm³/mol. The highest BCUT2D eigenvalue weighted by atomic mass is 16.5. The number of aryl methyl sites for hydroxylation is 2. The van der Waals surface area contributed by atoms with E-state index in [9.17, 15) is 14.4 Å². The number of fused-ring (bicyclic) bond motifs is 2. The molecule has 0 aliphatic heterocycles. The topological polar surface area (TPSA) is 100 Å². The molecule has 3 N–H and O–H groups in total. The van der Waals surface area contributed by atoms with Crippen LogP contribution in [0.4, 0.5) is 0 Å². The minimum Gasteiger partial charge on any atom is -0.497 e. The third-order valence-electron chi connectivity index (χ3n) is 7.62. The first-order valence-corrected chi connectivity index (χ1v) is 13.6. The standard InChI is InChI=1S/C31H39N3O4/c1-20(35)9-5-4-6-12-29(31(37)32-19-23-14-13-22-10-7-8-11-25(22)23)34-30(36)18-26-21(2)33-28-16-15-24(38-3)17-27(26)28/h7-8,10-11,15-17,23,29,33H,4-6,9,12-14,18-19H2,1-3H3,(H,32,37)(H,34,36). The lowest BCUT2D eigenvalue weighted by Gasteiger charge is -2.20. The highest BCUT2D eigenvalue weighted by molar-refractivity contribution is 5.93. The van der Waals surface area contributed by atoms with Gasteiger partial charge in [-0.05, 0) is 74.4 Å². The number of ketones is 1. The highest BCUT2D eigenvalue weighted by Crippen LogP contribution is 2.32. The van der Waals surface area contributed by atoms with Gasteiger partial charge in [0.15, 0.2) is 0 Å². The van der Waals surface area contributed by atoms with E-state index in [1.807, 2.05) is 31.2 Å². The van der Waals surface area contributed by atoms with Crippen LogP contribution in [0.2, 0.25) is 0 Å². The number of unbranched alkanes of at least 4 members (excludes halogenated alkanes) is 2. The molecule has 2 atom stereocenters. The van der Waals surface area contributed by atoms with Crippen LogP contribution in [0.5, 0.6) is 5.75 Å². The summed E-state index contributed by atoms with van der Waals surface area (Å²) in [6.45, 7) is 4.11. The number of nitrogens with one attached hydrogen (secondary N) is 3. The largest absolute Gasteiger partial charge is 0.497 e. The smallest absolute Gasteiger partial charge is 0.242 e. The predicted octanol–water partition coefficient (Wildman–Crippen LogP) is 4.90. The zero-order valence-electron chi connectivity index (χ0n) is 22.7. The van der Waals surface area contributed by atoms with Gasteiger partial charge in [-0.25, -0.2) is 0 Å². The molecule has 0 fully saturated rings. The first-order chi connectivity index (χ1) is 18.4. The van der Waals surface area contributed by atoms with E-state index in [1.54, 1.807) is 14.0 Å². The molecule has 0 bridgehead atoms. The number of Topliss-reactive ketones (excluding diaryl/α,β-unsaturated/α-hetero) is 1. The number of H-pyrrole nitrogens is 1. The van der Waals surface area contributed by atoms with E-state index in [-0.39, 0.29) is 24.0 Å². The number of carbonyl (C=O) groups is 3. The van der Waals surface area contributed by atoms with Crippen molar-refractivity contribution in [2.45, 2.75) is 77.2 Å². The summed E-state index contributed by atoms with van der Waals surface area (Å²) in [4.78, 5) is 41.1. The number of methoxy groups -OCH3 is 1. The molecule has 7 nitrogen and oxygen atoms in total. The zero-order valence-corrected chi connectivity index (χ0v) is 22.7. The number of rotatable bonds is 13. The molecule has 2 aromatic carbocycles. The monoisotopic (exact) mass is 517 g/mol. The molecule has 1 heterocycles. The molecule has 2 unspecified atom stereocenters. The Morgan fingerprint density at radius 3 is 2.71 bits per heavy atom. The second-order valence-corrected chi connectivity index (χ2v) is 10.4. The Balaban J connectivity index is 1.40. The number of aromatic amines is 1. The molecule has 202 valence electrons. The van der Waals surface area contributed by atoms with Crippen LogP contribution in [0.15, 0.2) is 42.5 Å². The van der Waals surface area contributed by atoms with Crippen LogP contribution < -0.4 is 15.4 Å². The summed E-state index contributed by atoms with van der Waals surface area (Å²) in [6.07, 6.45) is 5.71. The number of aromatic nitrogens is 1. The van der Waals surface area contributed by atoms with Crippen molar-refractivity contribution in [3.8, 4) is 5.75 Å². The van der Waals surface area contributed by atoms with Crippen molar-refractivity contribution < 1.29 is 19.1 Å². The summed E-state index contributed by atoms with van der Waals surface area (Å²) < 4.78 is 5.37. The molecule has 3 aromatic rings. The quantitative estimate of drug-likeness (QED) is 0.281. The van der Waals surface area contributed by atoms with Gasteiger partial charge in [-0.3, -0.25) is 9.59 Å². The number of amides is 2. The van der Waals surface area contributed by atoms with E-state index in [1.165, 1.54) is 11.1 Å². The Morgan fingerprint density at radius 2 is 1.92 bits per heavy atom. The van der Waals surface area contributed by atoms with Crippen molar-refractivity contribution in [1.82, 2.24) is 15.6 Å². The van der Waals surface area contributed by atoms with Gasteiger partial charge in [0.1, 0.15) is 17.6 Å². The van der Waals surface area contributed by atoms with Crippen LogP contribution >= 0.6 is 0 Å². The molecular weight excluding hydrogens is 478 g/mol. The van der Waals surface area contributed by atoms with E-state index in [4.69, 9.17) is 4.74 Å². The highest BCUT2D eigenvalue weighted by Gasteiger charge is 2.26. The number of ether oxygens (including phenoxy) is 1. The molecule has 7 heteroatoms. The molecule has 1 aliphatic carbocycles. The second-order valence-electron chi connectivity index (χ2n) is 10.4. The third-order valence-corrected chi connectivity index (χ3v) is 7.62. The molecule has 0 saturated heterocycles. The minimum atomic E-state index is -0.614. The lowest BCUT2D eigenvalue weighted by Crippen LogP contribution is -2.48. The first-order valence-electron chi connectivity index (χ1n) is 13.6. The van der Waals surface area contributed by atoms with Crippen LogP contribution in [0.1, 0.15) is 73.8 Å². The van der Waals surface area contributed by atoms with Crippen LogP contribution in [0.25, 0.3) is 10.9 Å². The Labute approximate surface area is 224 Å². The van der Waals surface area contributed by atoms with Crippen molar-refractivity contribution >= 4 is 28.5 Å². The van der Waals surface area contributed by atoms with Crippen LogP contribution in [-0.2, 0) is 27.2 Å². The SMILES string of the molecule is COc1ccc2[nH]c(C)c(CC(=O)NC(CCCCCC(C)=O)C(=O)NCC3CCc4ccccc43)c2c1. The maximum Gasteiger partial charge on any atom is 0.242 e. The van der Waals surface area contributed by atoms with Crippen molar-refractivity contribution in [3.63, 3.8) is 0 Å². The number of hydrogen-bond acceptors (Lipinski definition) is 4. The summed E-state index contributed by atoms with van der Waals surface area (Å²) in [5.74, 6) is 0.870. The van der Waals surface area contributed by atoms with Crippen LogP contribution in [0.3, 0.4) is 0 Å². The Hall–Kier alpha value is -3.61. The maximum absolute atomic E-state index is 13.3. The number of carbonyl (C=O) groups excluding carboxylic acids is 3. The molecule has 0 radical (unpaired) electrons. The van der Waals surface area contributed by atoms with Crippen molar-refractivity contribution in [2.24, 2.45) is 0 Å². The lowest BCUT2D eigenvalue weighted by molar-refractivity contribution is -0.129. The summed E-state index contributed by atoms with van der Waals surface area (Å²) in [7, 11) is 1.62. The van der Waals surface area contributed by atoms with Gasteiger partial charge in [-0.1, -0.05) is 37.1 Å². The molecule has 1 aliphatic rings. The van der Waals surface area contributed by atoms with Crippen molar-refractivity contribution in [3.05, 3.63) is 64.8 Å². The average Bonchev–Trinajstić information content (AvgIpc) is 3.46. The van der Waals surface area contributed by atoms with Gasteiger partial charge >= 0.3 is 0 Å². The molecule has 0 spiro atoms. The van der Waals surface area contributed by atoms with E-state index >= 15 is 0 Å². The fourth-order valence-electron chi connectivity index (χ4n) is 5.49. The number of benzene rings is 2. The van der Waals surface area contributed by atoms with Gasteiger partial charge < -0.3 is 25.1 Å². The Bertz CT molecular complexity index is 1300. The minimum absolute atomic E-state index is 0.147. The second kappa shape index (κ2) is 12.8. The van der Waals surface area contributed by atoms with Gasteiger partial charge in [-0.2, -0.15) is 0 Å². The fraction of sp³-hybridized carbons (Fsp3) is 0.452. The van der Waals surface area contributed by atoms with Gasteiger partial charge in [0.05, 0.1) is 13.5 Å². The Morgan fingerprint density at radius 1 is 1.11 bits per heavy atom. The van der Waals surface area contributed by atoms with Gasteiger partial charge in [-0.15, -0.1) is 0 Å². The number of hydrogen-bond donors (Lipinski definition) is 3. The third kappa shape index (κ3) is 6.82. The van der Waals surface area contributed by atoms with E-state index in [2.05, 4.69) is 33.8 Å². The molecule has 4 rings (SSSR count). The molecular formula is C31H39N3O4. The van der Waals surface area contributed by atoms with E-state index < -0.39 is 6.04 Å². The van der Waals surface area contributed by atoms with Crippen LogP contribution in [0, 0.1) is 6.92 Å². The normalized spacial score (nSPS) is 15.2. The average molecular weight is 518 g/mol. The zero-order chi connectivity index (χ0) is 27.1. The maximum atomic E-state index is 13.3. The summed E-state index contributed by atoms with van der Waals surface area (Å²) in [6, 6.07) is 13.6. The molecule has 2 amide bonds. The fourth-order valence-corrected chi connectivity index (χ4v) is 5.49. The molecule has 1 aromatic heterocycles. The van der Waals surface area contributed by atoms with E-state index in [0.29, 0.717) is 25.3 Å². The van der Waals surface area contributed by atoms with Gasteiger partial charge in [0, 0.05) is 35.5 Å².